The van der Waals surface area contributed by atoms with Crippen LogP contribution in [0.25, 0.3) is 44.3 Å². The van der Waals surface area contributed by atoms with Crippen molar-refractivity contribution >= 4 is 27.8 Å². The second kappa shape index (κ2) is 10.4. The quantitative estimate of drug-likeness (QED) is 0.300. The second-order valence-corrected chi connectivity index (χ2v) is 11.4. The lowest BCUT2D eigenvalue weighted by Crippen LogP contribution is -2.56. The summed E-state index contributed by atoms with van der Waals surface area (Å²) in [6.45, 7) is 3.19. The van der Waals surface area contributed by atoms with E-state index in [1.54, 1.807) is 24.7 Å². The van der Waals surface area contributed by atoms with Gasteiger partial charge in [0.15, 0.2) is 0 Å². The van der Waals surface area contributed by atoms with Crippen molar-refractivity contribution in [3.05, 3.63) is 97.1 Å². The molecular weight excluding hydrogens is 543 g/mol. The van der Waals surface area contributed by atoms with Gasteiger partial charge in [0.05, 0.1) is 23.4 Å². The van der Waals surface area contributed by atoms with Crippen LogP contribution < -0.4 is 0 Å². The van der Waals surface area contributed by atoms with Gasteiger partial charge in [-0.3, -0.25) is 19.4 Å². The van der Waals surface area contributed by atoms with Crippen LogP contribution in [-0.2, 0) is 0 Å². The minimum atomic E-state index is -0.401. The molecule has 2 aliphatic rings. The Kier molecular flexibility index (Phi) is 6.22. The molecule has 1 amide bonds. The summed E-state index contributed by atoms with van der Waals surface area (Å²) in [5.74, 6) is -0.516. The highest BCUT2D eigenvalue weighted by atomic mass is 19.1. The Morgan fingerprint density at radius 2 is 1.81 bits per heavy atom. The third-order valence-electron chi connectivity index (χ3n) is 8.89. The van der Waals surface area contributed by atoms with Crippen molar-refractivity contribution in [3.8, 4) is 22.4 Å². The zero-order valence-corrected chi connectivity index (χ0v) is 23.4. The van der Waals surface area contributed by atoms with Crippen LogP contribution in [0.4, 0.5) is 4.39 Å². The standard InChI is InChI=1S/C33H29FN8O/c34-29-14-23(5-6-27(29)22-4-3-21-2-1-10-35-30(21)15-22)33(43)40-12-8-25(9-13-40)41-18-26(19-41)42-17-24(16-39-42)31-28-7-11-36-32(28)38-20-37-31/h1-7,10-11,14-17,20,25-26H,8-9,12-13,18-19H2,(H,36,37,38). The fraction of sp³-hybridized carbons (Fsp3) is 0.242. The summed E-state index contributed by atoms with van der Waals surface area (Å²) in [6.07, 6.45) is 10.9. The molecule has 1 N–H and O–H groups in total. The molecule has 6 aromatic rings. The van der Waals surface area contributed by atoms with Gasteiger partial charge in [-0.15, -0.1) is 0 Å². The Bertz CT molecular complexity index is 1970. The first kappa shape index (κ1) is 25.7. The molecule has 214 valence electrons. The molecule has 0 atom stereocenters. The number of hydrogen-bond acceptors (Lipinski definition) is 6. The van der Waals surface area contributed by atoms with E-state index in [-0.39, 0.29) is 5.91 Å². The molecule has 8 rings (SSSR count). The van der Waals surface area contributed by atoms with E-state index in [0.29, 0.717) is 36.3 Å². The number of benzene rings is 2. The predicted octanol–water partition coefficient (Wildman–Crippen LogP) is 5.34. The highest BCUT2D eigenvalue weighted by molar-refractivity contribution is 5.95. The van der Waals surface area contributed by atoms with E-state index < -0.39 is 5.82 Å². The van der Waals surface area contributed by atoms with Gasteiger partial charge in [-0.2, -0.15) is 5.10 Å². The first-order valence-corrected chi connectivity index (χ1v) is 14.6. The van der Waals surface area contributed by atoms with Crippen molar-refractivity contribution < 1.29 is 9.18 Å². The highest BCUT2D eigenvalue weighted by Gasteiger charge is 2.36. The van der Waals surface area contributed by atoms with Crippen LogP contribution in [0.15, 0.2) is 85.7 Å². The number of carbonyl (C=O) groups is 1. The maximum absolute atomic E-state index is 15.2. The number of hydrogen-bond donors (Lipinski definition) is 1. The molecule has 2 saturated heterocycles. The number of halogens is 1. The van der Waals surface area contributed by atoms with E-state index in [4.69, 9.17) is 0 Å². The number of aromatic nitrogens is 6. The largest absolute Gasteiger partial charge is 0.346 e. The number of carbonyl (C=O) groups excluding carboxylic acids is 1. The Hall–Kier alpha value is -4.96. The van der Waals surface area contributed by atoms with E-state index >= 15 is 4.39 Å². The minimum absolute atomic E-state index is 0.115. The van der Waals surface area contributed by atoms with E-state index in [1.807, 2.05) is 58.4 Å². The zero-order valence-electron chi connectivity index (χ0n) is 23.4. The van der Waals surface area contributed by atoms with E-state index in [1.165, 1.54) is 6.07 Å². The Morgan fingerprint density at radius 1 is 0.930 bits per heavy atom. The molecule has 2 fully saturated rings. The monoisotopic (exact) mass is 572 g/mol. The number of aromatic amines is 1. The van der Waals surface area contributed by atoms with Crippen molar-refractivity contribution in [2.75, 3.05) is 26.2 Å². The number of nitrogens with one attached hydrogen (secondary N) is 1. The number of rotatable bonds is 5. The average molecular weight is 573 g/mol. The molecule has 43 heavy (non-hydrogen) atoms. The van der Waals surface area contributed by atoms with Gasteiger partial charge >= 0.3 is 0 Å². The Morgan fingerprint density at radius 3 is 2.67 bits per heavy atom. The molecule has 0 bridgehead atoms. The molecule has 2 aliphatic heterocycles. The third kappa shape index (κ3) is 4.64. The number of likely N-dealkylation sites (tertiary alicyclic amines) is 2. The second-order valence-electron chi connectivity index (χ2n) is 11.4. The van der Waals surface area contributed by atoms with Gasteiger partial charge < -0.3 is 9.88 Å². The fourth-order valence-corrected chi connectivity index (χ4v) is 6.45. The summed E-state index contributed by atoms with van der Waals surface area (Å²) < 4.78 is 17.2. The molecule has 0 spiro atoms. The van der Waals surface area contributed by atoms with E-state index in [0.717, 1.165) is 64.7 Å². The normalized spacial score (nSPS) is 16.6. The Labute approximate surface area is 247 Å². The van der Waals surface area contributed by atoms with Crippen LogP contribution in [0.3, 0.4) is 0 Å². The van der Waals surface area contributed by atoms with E-state index in [2.05, 4.69) is 36.1 Å². The lowest BCUT2D eigenvalue weighted by atomic mass is 9.96. The summed E-state index contributed by atoms with van der Waals surface area (Å²) in [6, 6.07) is 17.1. The zero-order chi connectivity index (χ0) is 28.9. The molecular formula is C33H29FN8O. The summed E-state index contributed by atoms with van der Waals surface area (Å²) in [5.41, 5.74) is 5.09. The number of H-pyrrole nitrogens is 1. The first-order valence-electron chi connectivity index (χ1n) is 14.6. The number of pyridine rings is 1. The molecule has 6 heterocycles. The molecule has 2 aromatic carbocycles. The van der Waals surface area contributed by atoms with Gasteiger partial charge in [-0.25, -0.2) is 14.4 Å². The minimum Gasteiger partial charge on any atom is -0.346 e. The molecule has 10 heteroatoms. The summed E-state index contributed by atoms with van der Waals surface area (Å²) in [4.78, 5) is 33.9. The number of fused-ring (bicyclic) bond motifs is 2. The number of nitrogens with zero attached hydrogens (tertiary/aromatic N) is 7. The maximum atomic E-state index is 15.2. The van der Waals surface area contributed by atoms with Crippen molar-refractivity contribution in [3.63, 3.8) is 0 Å². The lowest BCUT2D eigenvalue weighted by Gasteiger charge is -2.47. The lowest BCUT2D eigenvalue weighted by molar-refractivity contribution is 0.0198. The molecule has 9 nitrogen and oxygen atoms in total. The molecule has 4 aromatic heterocycles. The van der Waals surface area contributed by atoms with E-state index in [9.17, 15) is 4.79 Å². The highest BCUT2D eigenvalue weighted by Crippen LogP contribution is 2.31. The van der Waals surface area contributed by atoms with Crippen molar-refractivity contribution in [1.82, 2.24) is 39.5 Å². The Balaban J connectivity index is 0.875. The summed E-state index contributed by atoms with van der Waals surface area (Å²) in [5, 5.41) is 6.62. The van der Waals surface area contributed by atoms with Gasteiger partial charge in [0.1, 0.15) is 17.8 Å². The molecule has 0 aliphatic carbocycles. The SMILES string of the molecule is O=C(c1ccc(-c2ccc3cccnc3c2)c(F)c1)N1CCC(N2CC(n3cc(-c4ncnc5[nH]ccc45)cn3)C2)CC1. The molecule has 0 unspecified atom stereocenters. The van der Waals surface area contributed by atoms with Crippen LogP contribution in [0.2, 0.25) is 0 Å². The number of amides is 1. The predicted molar refractivity (Wildman–Crippen MR) is 162 cm³/mol. The summed E-state index contributed by atoms with van der Waals surface area (Å²) >= 11 is 0. The van der Waals surface area contributed by atoms with Gasteiger partial charge in [0, 0.05) is 78.3 Å². The van der Waals surface area contributed by atoms with Crippen molar-refractivity contribution in [1.29, 1.82) is 0 Å². The average Bonchev–Trinajstić information content (AvgIpc) is 3.70. The third-order valence-corrected chi connectivity index (χ3v) is 8.89. The summed E-state index contributed by atoms with van der Waals surface area (Å²) in [7, 11) is 0. The fourth-order valence-electron chi connectivity index (χ4n) is 6.45. The topological polar surface area (TPSA) is 95.8 Å². The molecule has 0 saturated carbocycles. The van der Waals surface area contributed by atoms with Crippen LogP contribution in [0, 0.1) is 5.82 Å². The maximum Gasteiger partial charge on any atom is 0.253 e. The van der Waals surface area contributed by atoms with Crippen LogP contribution in [-0.4, -0.2) is 77.6 Å². The van der Waals surface area contributed by atoms with Gasteiger partial charge in [-0.05, 0) is 48.7 Å². The van der Waals surface area contributed by atoms with Gasteiger partial charge in [0.2, 0.25) is 0 Å². The molecule has 0 radical (unpaired) electrons. The van der Waals surface area contributed by atoms with Crippen LogP contribution in [0.5, 0.6) is 0 Å². The van der Waals surface area contributed by atoms with Crippen molar-refractivity contribution in [2.24, 2.45) is 0 Å². The van der Waals surface area contributed by atoms with Crippen molar-refractivity contribution in [2.45, 2.75) is 24.9 Å². The van der Waals surface area contributed by atoms with Crippen LogP contribution in [0.1, 0.15) is 29.2 Å². The smallest absolute Gasteiger partial charge is 0.253 e. The number of piperidine rings is 1. The first-order chi connectivity index (χ1) is 21.1. The van der Waals surface area contributed by atoms with Gasteiger partial charge in [0.25, 0.3) is 5.91 Å². The van der Waals surface area contributed by atoms with Gasteiger partial charge in [-0.1, -0.05) is 24.3 Å². The van der Waals surface area contributed by atoms with Crippen LogP contribution >= 0.6 is 0 Å².